The fraction of sp³-hybridized carbons (Fsp3) is 0.240. The van der Waals surface area contributed by atoms with Crippen LogP contribution in [-0.4, -0.2) is 31.1 Å². The van der Waals surface area contributed by atoms with Gasteiger partial charge in [0.15, 0.2) is 0 Å². The van der Waals surface area contributed by atoms with Gasteiger partial charge in [0.25, 0.3) is 0 Å². The molecule has 3 heteroatoms. The van der Waals surface area contributed by atoms with Gasteiger partial charge in [-0.15, -0.1) is 0 Å². The van der Waals surface area contributed by atoms with E-state index in [9.17, 15) is 4.79 Å². The molecule has 0 radical (unpaired) electrons. The Balaban J connectivity index is 1.93. The predicted octanol–water partition coefficient (Wildman–Crippen LogP) is 4.47. The summed E-state index contributed by atoms with van der Waals surface area (Å²) in [5.74, 6) is -0.217. The molecule has 3 nitrogen and oxygen atoms in total. The second kappa shape index (κ2) is 7.99. The third kappa shape index (κ3) is 3.12. The largest absolute Gasteiger partial charge is 0.469 e. The lowest BCUT2D eigenvalue weighted by Gasteiger charge is -2.44. The summed E-state index contributed by atoms with van der Waals surface area (Å²) >= 11 is 0. The Bertz CT molecular complexity index is 812. The Morgan fingerprint density at radius 3 is 1.64 bits per heavy atom. The van der Waals surface area contributed by atoms with Crippen molar-refractivity contribution in [1.29, 1.82) is 0 Å². The summed E-state index contributed by atoms with van der Waals surface area (Å²) in [5, 5.41) is 0. The smallest absolute Gasteiger partial charge is 0.310 e. The number of hydrogen-bond acceptors (Lipinski definition) is 3. The van der Waals surface area contributed by atoms with Gasteiger partial charge in [-0.25, -0.2) is 0 Å². The minimum atomic E-state index is -0.452. The van der Waals surface area contributed by atoms with E-state index in [1.165, 1.54) is 23.8 Å². The zero-order valence-corrected chi connectivity index (χ0v) is 16.1. The van der Waals surface area contributed by atoms with Crippen molar-refractivity contribution in [3.63, 3.8) is 0 Å². The maximum absolute atomic E-state index is 12.2. The standard InChI is InChI=1S/C25H25NO2/c1-28-24(27)20-17-18-26(19-20)25(21-11-5-2-6-12-21,22-13-7-3-8-14-22)23-15-9-4-10-16-23/h2-16,20H,17-19H2,1H3. The summed E-state index contributed by atoms with van der Waals surface area (Å²) < 4.78 is 5.05. The first-order chi connectivity index (χ1) is 13.8. The van der Waals surface area contributed by atoms with Crippen LogP contribution in [0.3, 0.4) is 0 Å². The second-order valence-electron chi connectivity index (χ2n) is 7.26. The molecule has 0 aliphatic carbocycles. The molecule has 1 aliphatic heterocycles. The van der Waals surface area contributed by atoms with Crippen LogP contribution in [0, 0.1) is 5.92 Å². The summed E-state index contributed by atoms with van der Waals surface area (Å²) in [6.45, 7) is 1.50. The third-order valence-corrected chi connectivity index (χ3v) is 5.77. The van der Waals surface area contributed by atoms with E-state index < -0.39 is 5.54 Å². The van der Waals surface area contributed by atoms with Gasteiger partial charge in [-0.05, 0) is 23.1 Å². The van der Waals surface area contributed by atoms with Crippen molar-refractivity contribution >= 4 is 5.97 Å². The molecule has 1 saturated heterocycles. The number of ether oxygens (including phenoxy) is 1. The number of rotatable bonds is 5. The minimum Gasteiger partial charge on any atom is -0.469 e. The van der Waals surface area contributed by atoms with Crippen molar-refractivity contribution < 1.29 is 9.53 Å². The van der Waals surface area contributed by atoms with Gasteiger partial charge in [-0.1, -0.05) is 91.0 Å². The Morgan fingerprint density at radius 2 is 1.25 bits per heavy atom. The van der Waals surface area contributed by atoms with Crippen molar-refractivity contribution in [2.24, 2.45) is 5.92 Å². The van der Waals surface area contributed by atoms with Crippen molar-refractivity contribution in [3.8, 4) is 0 Å². The molecule has 1 heterocycles. The molecule has 3 aromatic carbocycles. The van der Waals surface area contributed by atoms with Gasteiger partial charge in [0, 0.05) is 13.1 Å². The lowest BCUT2D eigenvalue weighted by molar-refractivity contribution is -0.145. The van der Waals surface area contributed by atoms with Crippen LogP contribution < -0.4 is 0 Å². The highest BCUT2D eigenvalue weighted by Crippen LogP contribution is 2.44. The molecule has 0 amide bonds. The number of benzene rings is 3. The van der Waals surface area contributed by atoms with Crippen LogP contribution in [0.5, 0.6) is 0 Å². The molecule has 28 heavy (non-hydrogen) atoms. The fourth-order valence-electron chi connectivity index (χ4n) is 4.51. The summed E-state index contributed by atoms with van der Waals surface area (Å²) in [6.07, 6.45) is 0.806. The monoisotopic (exact) mass is 371 g/mol. The molecule has 0 saturated carbocycles. The molecule has 1 unspecified atom stereocenters. The number of nitrogens with zero attached hydrogens (tertiary/aromatic N) is 1. The lowest BCUT2D eigenvalue weighted by atomic mass is 9.75. The molecule has 1 atom stereocenters. The normalized spacial score (nSPS) is 17.4. The first kappa shape index (κ1) is 18.5. The van der Waals surface area contributed by atoms with Gasteiger partial charge < -0.3 is 4.74 Å². The maximum Gasteiger partial charge on any atom is 0.310 e. The van der Waals surface area contributed by atoms with Crippen LogP contribution in [-0.2, 0) is 15.1 Å². The van der Waals surface area contributed by atoms with Crippen LogP contribution >= 0.6 is 0 Å². The van der Waals surface area contributed by atoms with E-state index in [2.05, 4.69) is 77.7 Å². The summed E-state index contributed by atoms with van der Waals surface area (Å²) in [4.78, 5) is 14.7. The highest BCUT2D eigenvalue weighted by Gasteiger charge is 2.46. The topological polar surface area (TPSA) is 29.5 Å². The Morgan fingerprint density at radius 1 is 0.821 bits per heavy atom. The Hall–Kier alpha value is -2.91. The molecular weight excluding hydrogens is 346 g/mol. The molecule has 142 valence electrons. The summed E-state index contributed by atoms with van der Waals surface area (Å²) in [6, 6.07) is 31.8. The molecular formula is C25H25NO2. The lowest BCUT2D eigenvalue weighted by Crippen LogP contribution is -2.47. The van der Waals surface area contributed by atoms with Gasteiger partial charge in [-0.2, -0.15) is 0 Å². The minimum absolute atomic E-state index is 0.0967. The van der Waals surface area contributed by atoms with E-state index >= 15 is 0 Å². The van der Waals surface area contributed by atoms with E-state index in [4.69, 9.17) is 4.74 Å². The zero-order chi connectivity index (χ0) is 19.4. The van der Waals surface area contributed by atoms with Crippen molar-refractivity contribution in [2.45, 2.75) is 12.0 Å². The summed E-state index contributed by atoms with van der Waals surface area (Å²) in [7, 11) is 1.48. The van der Waals surface area contributed by atoms with Crippen LogP contribution in [0.4, 0.5) is 0 Å². The quantitative estimate of drug-likeness (QED) is 0.489. The highest BCUT2D eigenvalue weighted by molar-refractivity contribution is 5.73. The van der Waals surface area contributed by atoms with E-state index in [0.29, 0.717) is 6.54 Å². The van der Waals surface area contributed by atoms with Gasteiger partial charge in [0.05, 0.1) is 18.6 Å². The number of carbonyl (C=O) groups is 1. The van der Waals surface area contributed by atoms with Crippen LogP contribution in [0.15, 0.2) is 91.0 Å². The Kier molecular flexibility index (Phi) is 5.27. The van der Waals surface area contributed by atoms with Crippen LogP contribution in [0.2, 0.25) is 0 Å². The molecule has 0 spiro atoms. The van der Waals surface area contributed by atoms with Crippen molar-refractivity contribution in [3.05, 3.63) is 108 Å². The SMILES string of the molecule is COC(=O)C1CCN(C(c2ccccc2)(c2ccccc2)c2ccccc2)C1. The van der Waals surface area contributed by atoms with Crippen LogP contribution in [0.25, 0.3) is 0 Å². The third-order valence-electron chi connectivity index (χ3n) is 5.77. The van der Waals surface area contributed by atoms with E-state index in [1.807, 2.05) is 18.2 Å². The predicted molar refractivity (Wildman–Crippen MR) is 111 cm³/mol. The first-order valence-corrected chi connectivity index (χ1v) is 9.76. The number of likely N-dealkylation sites (tertiary alicyclic amines) is 1. The number of carbonyl (C=O) groups excluding carboxylic acids is 1. The van der Waals surface area contributed by atoms with E-state index in [-0.39, 0.29) is 11.9 Å². The van der Waals surface area contributed by atoms with Gasteiger partial charge in [0.2, 0.25) is 0 Å². The molecule has 0 N–H and O–H groups in total. The Labute approximate surface area is 166 Å². The molecule has 3 aromatic rings. The van der Waals surface area contributed by atoms with E-state index in [1.54, 1.807) is 0 Å². The maximum atomic E-state index is 12.2. The molecule has 4 rings (SSSR count). The number of hydrogen-bond donors (Lipinski definition) is 0. The van der Waals surface area contributed by atoms with Crippen molar-refractivity contribution in [1.82, 2.24) is 4.90 Å². The molecule has 0 bridgehead atoms. The van der Waals surface area contributed by atoms with Gasteiger partial charge in [0.1, 0.15) is 0 Å². The van der Waals surface area contributed by atoms with Crippen molar-refractivity contribution in [2.75, 3.05) is 20.2 Å². The average molecular weight is 371 g/mol. The molecule has 1 fully saturated rings. The highest BCUT2D eigenvalue weighted by atomic mass is 16.5. The molecule has 1 aliphatic rings. The van der Waals surface area contributed by atoms with E-state index in [0.717, 1.165) is 13.0 Å². The first-order valence-electron chi connectivity index (χ1n) is 9.76. The van der Waals surface area contributed by atoms with Crippen LogP contribution in [0.1, 0.15) is 23.1 Å². The molecule has 0 aromatic heterocycles. The number of esters is 1. The summed E-state index contributed by atoms with van der Waals surface area (Å²) in [5.41, 5.74) is 3.17. The fourth-order valence-corrected chi connectivity index (χ4v) is 4.51. The zero-order valence-electron chi connectivity index (χ0n) is 16.1. The second-order valence-corrected chi connectivity index (χ2v) is 7.26. The average Bonchev–Trinajstić information content (AvgIpc) is 3.26. The van der Waals surface area contributed by atoms with Gasteiger partial charge >= 0.3 is 5.97 Å². The number of methoxy groups -OCH3 is 1. The van der Waals surface area contributed by atoms with Gasteiger partial charge in [-0.3, -0.25) is 9.69 Å².